The highest BCUT2D eigenvalue weighted by Crippen LogP contribution is 2.27. The van der Waals surface area contributed by atoms with Crippen LogP contribution in [0.3, 0.4) is 0 Å². The van der Waals surface area contributed by atoms with Crippen LogP contribution < -0.4 is 16.0 Å². The molecule has 110 valence electrons. The molecule has 0 saturated carbocycles. The van der Waals surface area contributed by atoms with E-state index in [0.29, 0.717) is 5.69 Å². The molecule has 0 heterocycles. The third kappa shape index (κ3) is 3.22. The van der Waals surface area contributed by atoms with Crippen LogP contribution >= 0.6 is 0 Å². The number of nitrogen functional groups attached to an aromatic ring is 1. The molecular formula is C15H16FN3O2. The number of anilines is 4. The lowest BCUT2D eigenvalue weighted by Gasteiger charge is -2.15. The van der Waals surface area contributed by atoms with Crippen LogP contribution in [0.1, 0.15) is 10.4 Å². The Balaban J connectivity index is 2.37. The molecule has 21 heavy (non-hydrogen) atoms. The van der Waals surface area contributed by atoms with E-state index in [1.165, 1.54) is 6.07 Å². The summed E-state index contributed by atoms with van der Waals surface area (Å²) in [5.74, 6) is -1.80. The Kier molecular flexibility index (Phi) is 3.98. The topological polar surface area (TPSA) is 78.6 Å². The first-order valence-corrected chi connectivity index (χ1v) is 6.25. The van der Waals surface area contributed by atoms with Crippen molar-refractivity contribution < 1.29 is 14.3 Å². The summed E-state index contributed by atoms with van der Waals surface area (Å²) in [5, 5.41) is 11.9. The highest BCUT2D eigenvalue weighted by atomic mass is 19.1. The van der Waals surface area contributed by atoms with Crippen molar-refractivity contribution in [2.45, 2.75) is 0 Å². The van der Waals surface area contributed by atoms with Crippen LogP contribution in [0.4, 0.5) is 27.1 Å². The van der Waals surface area contributed by atoms with Gasteiger partial charge in [-0.25, -0.2) is 9.18 Å². The fraction of sp³-hybridized carbons (Fsp3) is 0.133. The SMILES string of the molecule is CN(C)c1cccc(Nc2cc(C(=O)O)c(N)cc2F)c1. The number of benzene rings is 2. The van der Waals surface area contributed by atoms with Gasteiger partial charge in [-0.3, -0.25) is 0 Å². The first-order chi connectivity index (χ1) is 9.88. The summed E-state index contributed by atoms with van der Waals surface area (Å²) in [6.07, 6.45) is 0. The highest BCUT2D eigenvalue weighted by molar-refractivity contribution is 5.95. The van der Waals surface area contributed by atoms with Gasteiger partial charge in [0.2, 0.25) is 0 Å². The second-order valence-corrected chi connectivity index (χ2v) is 4.79. The van der Waals surface area contributed by atoms with Crippen LogP contribution in [0.5, 0.6) is 0 Å². The van der Waals surface area contributed by atoms with E-state index < -0.39 is 11.8 Å². The quantitative estimate of drug-likeness (QED) is 0.754. The zero-order valence-electron chi connectivity index (χ0n) is 11.7. The van der Waals surface area contributed by atoms with Gasteiger partial charge >= 0.3 is 5.97 Å². The Labute approximate surface area is 121 Å². The van der Waals surface area contributed by atoms with Gasteiger partial charge in [0.15, 0.2) is 0 Å². The molecule has 0 spiro atoms. The van der Waals surface area contributed by atoms with Gasteiger partial charge in [0, 0.05) is 31.2 Å². The first-order valence-electron chi connectivity index (χ1n) is 6.25. The van der Waals surface area contributed by atoms with E-state index >= 15 is 0 Å². The van der Waals surface area contributed by atoms with E-state index in [9.17, 15) is 9.18 Å². The summed E-state index contributed by atoms with van der Waals surface area (Å²) < 4.78 is 13.9. The number of carbonyl (C=O) groups is 1. The molecule has 0 aliphatic rings. The number of hydrogen-bond acceptors (Lipinski definition) is 4. The Hall–Kier alpha value is -2.76. The molecule has 2 rings (SSSR count). The number of rotatable bonds is 4. The number of hydrogen-bond donors (Lipinski definition) is 3. The van der Waals surface area contributed by atoms with Gasteiger partial charge in [0.05, 0.1) is 11.3 Å². The van der Waals surface area contributed by atoms with Crippen molar-refractivity contribution in [1.29, 1.82) is 0 Å². The lowest BCUT2D eigenvalue weighted by Crippen LogP contribution is -2.09. The highest BCUT2D eigenvalue weighted by Gasteiger charge is 2.13. The number of aromatic carboxylic acids is 1. The maximum atomic E-state index is 13.9. The van der Waals surface area contributed by atoms with Gasteiger partial charge in [-0.2, -0.15) is 0 Å². The molecule has 0 unspecified atom stereocenters. The van der Waals surface area contributed by atoms with E-state index in [1.807, 2.05) is 37.2 Å². The van der Waals surface area contributed by atoms with Gasteiger partial charge in [-0.05, 0) is 30.3 Å². The van der Waals surface area contributed by atoms with Crippen molar-refractivity contribution in [3.8, 4) is 0 Å². The monoisotopic (exact) mass is 289 g/mol. The molecule has 0 saturated heterocycles. The predicted molar refractivity (Wildman–Crippen MR) is 81.8 cm³/mol. The Morgan fingerprint density at radius 3 is 2.62 bits per heavy atom. The van der Waals surface area contributed by atoms with Crippen LogP contribution in [0.25, 0.3) is 0 Å². The van der Waals surface area contributed by atoms with Crippen molar-refractivity contribution in [3.05, 3.63) is 47.8 Å². The fourth-order valence-electron chi connectivity index (χ4n) is 1.89. The second-order valence-electron chi connectivity index (χ2n) is 4.79. The van der Waals surface area contributed by atoms with Gasteiger partial charge < -0.3 is 21.1 Å². The number of carboxylic acid groups (broad SMARTS) is 1. The molecule has 4 N–H and O–H groups in total. The van der Waals surface area contributed by atoms with Gasteiger partial charge in [-0.1, -0.05) is 6.07 Å². The van der Waals surface area contributed by atoms with Crippen molar-refractivity contribution in [3.63, 3.8) is 0 Å². The summed E-state index contributed by atoms with van der Waals surface area (Å²) in [4.78, 5) is 13.0. The van der Waals surface area contributed by atoms with E-state index in [-0.39, 0.29) is 16.9 Å². The Morgan fingerprint density at radius 1 is 1.29 bits per heavy atom. The third-order valence-electron chi connectivity index (χ3n) is 3.01. The number of halogens is 1. The van der Waals surface area contributed by atoms with Crippen molar-refractivity contribution >= 4 is 28.7 Å². The zero-order chi connectivity index (χ0) is 15.6. The largest absolute Gasteiger partial charge is 0.478 e. The van der Waals surface area contributed by atoms with Crippen LogP contribution in [0.2, 0.25) is 0 Å². The van der Waals surface area contributed by atoms with Gasteiger partial charge in [0.1, 0.15) is 5.82 Å². The average molecular weight is 289 g/mol. The molecule has 2 aromatic carbocycles. The molecule has 6 heteroatoms. The van der Waals surface area contributed by atoms with Gasteiger partial charge in [-0.15, -0.1) is 0 Å². The lowest BCUT2D eigenvalue weighted by molar-refractivity contribution is 0.0698. The molecule has 5 nitrogen and oxygen atoms in total. The minimum atomic E-state index is -1.20. The molecule has 0 fully saturated rings. The average Bonchev–Trinajstić information content (AvgIpc) is 2.41. The first kappa shape index (κ1) is 14.6. The molecule has 0 aliphatic carbocycles. The number of nitrogens with zero attached hydrogens (tertiary/aromatic N) is 1. The summed E-state index contributed by atoms with van der Waals surface area (Å²) in [6, 6.07) is 9.52. The lowest BCUT2D eigenvalue weighted by atomic mass is 10.1. The molecule has 0 atom stereocenters. The normalized spacial score (nSPS) is 10.2. The van der Waals surface area contributed by atoms with Crippen molar-refractivity contribution in [2.24, 2.45) is 0 Å². The molecular weight excluding hydrogens is 273 g/mol. The van der Waals surface area contributed by atoms with Crippen LogP contribution in [0.15, 0.2) is 36.4 Å². The molecule has 0 bridgehead atoms. The molecule has 0 aromatic heterocycles. The maximum Gasteiger partial charge on any atom is 0.337 e. The zero-order valence-corrected chi connectivity index (χ0v) is 11.7. The Bertz CT molecular complexity index is 687. The number of nitrogens with two attached hydrogens (primary N) is 1. The fourth-order valence-corrected chi connectivity index (χ4v) is 1.89. The Morgan fingerprint density at radius 2 is 2.00 bits per heavy atom. The van der Waals surface area contributed by atoms with E-state index in [2.05, 4.69) is 5.32 Å². The second kappa shape index (κ2) is 5.70. The van der Waals surface area contributed by atoms with Gasteiger partial charge in [0.25, 0.3) is 0 Å². The van der Waals surface area contributed by atoms with Crippen LogP contribution in [-0.2, 0) is 0 Å². The maximum absolute atomic E-state index is 13.9. The van der Waals surface area contributed by atoms with E-state index in [4.69, 9.17) is 10.8 Å². The standard InChI is InChI=1S/C15H16FN3O2/c1-19(2)10-5-3-4-9(6-10)18-14-7-11(15(20)21)13(17)8-12(14)16/h3-8,18H,17H2,1-2H3,(H,20,21). The van der Waals surface area contributed by atoms with Crippen molar-refractivity contribution in [2.75, 3.05) is 30.0 Å². The third-order valence-corrected chi connectivity index (χ3v) is 3.01. The molecule has 0 aliphatic heterocycles. The minimum absolute atomic E-state index is 0.0671. The van der Waals surface area contributed by atoms with Crippen LogP contribution in [0, 0.1) is 5.82 Å². The van der Waals surface area contributed by atoms with Crippen LogP contribution in [-0.4, -0.2) is 25.2 Å². The predicted octanol–water partition coefficient (Wildman–Crippen LogP) is 2.92. The molecule has 0 radical (unpaired) electrons. The number of nitrogens with one attached hydrogen (secondary N) is 1. The summed E-state index contributed by atoms with van der Waals surface area (Å²) in [6.45, 7) is 0. The smallest absolute Gasteiger partial charge is 0.337 e. The minimum Gasteiger partial charge on any atom is -0.478 e. The molecule has 0 amide bonds. The van der Waals surface area contributed by atoms with E-state index in [0.717, 1.165) is 11.8 Å². The summed E-state index contributed by atoms with van der Waals surface area (Å²) >= 11 is 0. The summed E-state index contributed by atoms with van der Waals surface area (Å²) in [7, 11) is 3.79. The summed E-state index contributed by atoms with van der Waals surface area (Å²) in [5.41, 5.74) is 6.91. The number of carboxylic acids is 1. The van der Waals surface area contributed by atoms with Crippen molar-refractivity contribution in [1.82, 2.24) is 0 Å². The molecule has 2 aromatic rings. The van der Waals surface area contributed by atoms with E-state index in [1.54, 1.807) is 6.07 Å².